The highest BCUT2D eigenvalue weighted by molar-refractivity contribution is 5.74. The monoisotopic (exact) mass is 345 g/mol. The Bertz CT molecular complexity index is 990. The predicted octanol–water partition coefficient (Wildman–Crippen LogP) is 4.00. The van der Waals surface area contributed by atoms with Crippen molar-refractivity contribution in [3.63, 3.8) is 0 Å². The zero-order valence-electron chi connectivity index (χ0n) is 14.3. The number of piperidine rings is 1. The molecule has 0 bridgehead atoms. The number of hydrogen-bond acceptors (Lipinski definition) is 5. The summed E-state index contributed by atoms with van der Waals surface area (Å²) in [6.45, 7) is 1.75. The van der Waals surface area contributed by atoms with E-state index in [9.17, 15) is 0 Å². The van der Waals surface area contributed by atoms with Gasteiger partial charge in [0.15, 0.2) is 0 Å². The largest absolute Gasteiger partial charge is 0.342 e. The Kier molecular flexibility index (Phi) is 3.66. The topological polar surface area (TPSA) is 70.8 Å². The predicted molar refractivity (Wildman–Crippen MR) is 100 cm³/mol. The number of benzene rings is 2. The SMILES string of the molecule is c1ccc(-c2noc(N3CCCC(c4nc5ccccc5[nH]4)C3)n2)cc1. The van der Waals surface area contributed by atoms with Crippen LogP contribution in [0.15, 0.2) is 59.1 Å². The van der Waals surface area contributed by atoms with Crippen molar-refractivity contribution in [3.05, 3.63) is 60.4 Å². The first-order valence-corrected chi connectivity index (χ1v) is 8.95. The molecule has 1 saturated heterocycles. The van der Waals surface area contributed by atoms with Crippen molar-refractivity contribution in [1.82, 2.24) is 20.1 Å². The van der Waals surface area contributed by atoms with Crippen LogP contribution in [0.4, 0.5) is 6.01 Å². The summed E-state index contributed by atoms with van der Waals surface area (Å²) in [6, 6.07) is 18.6. The number of hydrogen-bond donors (Lipinski definition) is 1. The van der Waals surface area contributed by atoms with Crippen molar-refractivity contribution < 1.29 is 4.52 Å². The molecule has 4 aromatic rings. The molecule has 0 radical (unpaired) electrons. The second-order valence-corrected chi connectivity index (χ2v) is 6.69. The highest BCUT2D eigenvalue weighted by atomic mass is 16.5. The Morgan fingerprint density at radius 2 is 1.85 bits per heavy atom. The number of H-pyrrole nitrogens is 1. The van der Waals surface area contributed by atoms with Gasteiger partial charge in [-0.25, -0.2) is 4.98 Å². The van der Waals surface area contributed by atoms with Crippen LogP contribution < -0.4 is 4.90 Å². The molecule has 1 aliphatic heterocycles. The summed E-state index contributed by atoms with van der Waals surface area (Å²) in [6.07, 6.45) is 2.18. The van der Waals surface area contributed by atoms with Crippen LogP contribution in [-0.2, 0) is 0 Å². The number of nitrogens with one attached hydrogen (secondary N) is 1. The van der Waals surface area contributed by atoms with E-state index in [1.807, 2.05) is 48.5 Å². The third-order valence-corrected chi connectivity index (χ3v) is 4.93. The molecule has 3 heterocycles. The number of aromatic amines is 1. The summed E-state index contributed by atoms with van der Waals surface area (Å²) in [7, 11) is 0. The molecule has 5 rings (SSSR count). The van der Waals surface area contributed by atoms with E-state index in [0.29, 0.717) is 17.8 Å². The number of nitrogens with zero attached hydrogens (tertiary/aromatic N) is 4. The zero-order valence-corrected chi connectivity index (χ0v) is 14.3. The van der Waals surface area contributed by atoms with E-state index >= 15 is 0 Å². The van der Waals surface area contributed by atoms with Crippen LogP contribution in [0.25, 0.3) is 22.4 Å². The summed E-state index contributed by atoms with van der Waals surface area (Å²) in [5.74, 6) is 2.01. The van der Waals surface area contributed by atoms with Gasteiger partial charge in [-0.3, -0.25) is 0 Å². The molecule has 1 unspecified atom stereocenters. The summed E-state index contributed by atoms with van der Waals surface area (Å²) in [5.41, 5.74) is 3.07. The molecule has 1 atom stereocenters. The molecule has 0 amide bonds. The Labute approximate surface area is 150 Å². The van der Waals surface area contributed by atoms with Crippen LogP contribution in [0.2, 0.25) is 0 Å². The van der Waals surface area contributed by atoms with Crippen LogP contribution in [-0.4, -0.2) is 33.2 Å². The number of rotatable bonds is 3. The second kappa shape index (κ2) is 6.29. The van der Waals surface area contributed by atoms with Gasteiger partial charge in [-0.05, 0) is 25.0 Å². The Hall–Kier alpha value is -3.15. The van der Waals surface area contributed by atoms with Gasteiger partial charge in [0.2, 0.25) is 5.82 Å². The van der Waals surface area contributed by atoms with Gasteiger partial charge in [-0.15, -0.1) is 0 Å². The minimum absolute atomic E-state index is 0.336. The second-order valence-electron chi connectivity index (χ2n) is 6.69. The average Bonchev–Trinajstić information content (AvgIpc) is 3.36. The fourth-order valence-corrected chi connectivity index (χ4v) is 3.59. The van der Waals surface area contributed by atoms with Crippen LogP contribution in [0.1, 0.15) is 24.6 Å². The summed E-state index contributed by atoms with van der Waals surface area (Å²) in [5, 5.41) is 4.14. The molecule has 130 valence electrons. The highest BCUT2D eigenvalue weighted by Crippen LogP contribution is 2.30. The Morgan fingerprint density at radius 1 is 1.00 bits per heavy atom. The summed E-state index contributed by atoms with van der Waals surface area (Å²) >= 11 is 0. The van der Waals surface area contributed by atoms with E-state index in [-0.39, 0.29) is 0 Å². The fourth-order valence-electron chi connectivity index (χ4n) is 3.59. The maximum atomic E-state index is 5.54. The summed E-state index contributed by atoms with van der Waals surface area (Å²) in [4.78, 5) is 15.0. The molecule has 2 aromatic heterocycles. The van der Waals surface area contributed by atoms with Crippen LogP contribution in [0.5, 0.6) is 0 Å². The molecule has 1 aliphatic rings. The van der Waals surface area contributed by atoms with E-state index in [0.717, 1.165) is 48.4 Å². The average molecular weight is 345 g/mol. The normalized spacial score (nSPS) is 17.7. The molecule has 6 heteroatoms. The van der Waals surface area contributed by atoms with Gasteiger partial charge >= 0.3 is 6.01 Å². The lowest BCUT2D eigenvalue weighted by Crippen LogP contribution is -2.35. The molecule has 0 spiro atoms. The minimum Gasteiger partial charge on any atom is -0.342 e. The lowest BCUT2D eigenvalue weighted by atomic mass is 9.98. The van der Waals surface area contributed by atoms with Crippen molar-refractivity contribution in [3.8, 4) is 11.4 Å². The molecule has 1 N–H and O–H groups in total. The smallest absolute Gasteiger partial charge is 0.324 e. The standard InChI is InChI=1S/C20H19N5O/c1-2-7-14(8-3-1)19-23-20(26-24-19)25-12-6-9-15(13-25)18-21-16-10-4-5-11-17(16)22-18/h1-5,7-8,10-11,15H,6,9,12-13H2,(H,21,22). The number of imidazole rings is 1. The van der Waals surface area contributed by atoms with Gasteiger partial charge in [0, 0.05) is 24.6 Å². The van der Waals surface area contributed by atoms with Crippen molar-refractivity contribution in [1.29, 1.82) is 0 Å². The number of fused-ring (bicyclic) bond motifs is 1. The molecule has 1 fully saturated rings. The molecule has 0 saturated carbocycles. The van der Waals surface area contributed by atoms with E-state index < -0.39 is 0 Å². The number of aromatic nitrogens is 4. The maximum absolute atomic E-state index is 5.54. The maximum Gasteiger partial charge on any atom is 0.324 e. The molecule has 0 aliphatic carbocycles. The Morgan fingerprint density at radius 3 is 2.73 bits per heavy atom. The van der Waals surface area contributed by atoms with Gasteiger partial charge < -0.3 is 14.4 Å². The van der Waals surface area contributed by atoms with E-state index in [4.69, 9.17) is 9.51 Å². The summed E-state index contributed by atoms with van der Waals surface area (Å²) < 4.78 is 5.54. The van der Waals surface area contributed by atoms with Crippen molar-refractivity contribution >= 4 is 17.0 Å². The molecular formula is C20H19N5O. The molecule has 6 nitrogen and oxygen atoms in total. The first kappa shape index (κ1) is 15.1. The van der Waals surface area contributed by atoms with Crippen LogP contribution in [0, 0.1) is 0 Å². The fraction of sp³-hybridized carbons (Fsp3) is 0.250. The van der Waals surface area contributed by atoms with Crippen LogP contribution in [0.3, 0.4) is 0 Å². The van der Waals surface area contributed by atoms with Crippen molar-refractivity contribution in [2.45, 2.75) is 18.8 Å². The zero-order chi connectivity index (χ0) is 17.3. The first-order valence-electron chi connectivity index (χ1n) is 8.95. The Balaban J connectivity index is 1.38. The van der Waals surface area contributed by atoms with Gasteiger partial charge in [-0.2, -0.15) is 4.98 Å². The number of anilines is 1. The van der Waals surface area contributed by atoms with E-state index in [1.165, 1.54) is 0 Å². The quantitative estimate of drug-likeness (QED) is 0.608. The molecule has 26 heavy (non-hydrogen) atoms. The third kappa shape index (κ3) is 2.73. The number of para-hydroxylation sites is 2. The van der Waals surface area contributed by atoms with Gasteiger partial charge in [0.1, 0.15) is 5.82 Å². The first-order chi connectivity index (χ1) is 12.9. The lowest BCUT2D eigenvalue weighted by molar-refractivity contribution is 0.391. The minimum atomic E-state index is 0.336. The van der Waals surface area contributed by atoms with Gasteiger partial charge in [0.05, 0.1) is 11.0 Å². The van der Waals surface area contributed by atoms with Gasteiger partial charge in [-0.1, -0.05) is 47.6 Å². The highest BCUT2D eigenvalue weighted by Gasteiger charge is 2.27. The van der Waals surface area contributed by atoms with Gasteiger partial charge in [0.25, 0.3) is 0 Å². The molecule has 2 aromatic carbocycles. The lowest BCUT2D eigenvalue weighted by Gasteiger charge is -2.30. The van der Waals surface area contributed by atoms with Crippen molar-refractivity contribution in [2.24, 2.45) is 0 Å². The van der Waals surface area contributed by atoms with Crippen molar-refractivity contribution in [2.75, 3.05) is 18.0 Å². The third-order valence-electron chi connectivity index (χ3n) is 4.93. The molecular weight excluding hydrogens is 326 g/mol. The van der Waals surface area contributed by atoms with Crippen LogP contribution >= 0.6 is 0 Å². The van der Waals surface area contributed by atoms with E-state index in [2.05, 4.69) is 26.1 Å². The van der Waals surface area contributed by atoms with E-state index in [1.54, 1.807) is 0 Å².